The summed E-state index contributed by atoms with van der Waals surface area (Å²) in [5.74, 6) is 3.39. The van der Waals surface area contributed by atoms with Gasteiger partial charge in [0.05, 0.1) is 23.8 Å². The third-order valence-electron chi connectivity index (χ3n) is 4.76. The van der Waals surface area contributed by atoms with E-state index in [9.17, 15) is 0 Å². The molecule has 0 saturated heterocycles. The number of nitrogens with one attached hydrogen (secondary N) is 1. The van der Waals surface area contributed by atoms with Crippen molar-refractivity contribution in [3.63, 3.8) is 0 Å². The molecular formula is C18H23N7. The Labute approximate surface area is 147 Å². The lowest BCUT2D eigenvalue weighted by Gasteiger charge is -2.35. The highest BCUT2D eigenvalue weighted by molar-refractivity contribution is 5.75. The van der Waals surface area contributed by atoms with Crippen LogP contribution in [0.1, 0.15) is 30.4 Å². The summed E-state index contributed by atoms with van der Waals surface area (Å²) in [4.78, 5) is 11.2. The first-order chi connectivity index (χ1) is 12.1. The van der Waals surface area contributed by atoms with Gasteiger partial charge in [-0.05, 0) is 39.1 Å². The van der Waals surface area contributed by atoms with Crippen LogP contribution in [0.4, 0.5) is 5.82 Å². The predicted octanol–water partition coefficient (Wildman–Crippen LogP) is 2.18. The third-order valence-corrected chi connectivity index (χ3v) is 4.76. The molecule has 1 aliphatic carbocycles. The highest BCUT2D eigenvalue weighted by Gasteiger charge is 2.34. The molecule has 0 bridgehead atoms. The molecule has 0 atom stereocenters. The molecule has 0 aliphatic heterocycles. The van der Waals surface area contributed by atoms with Crippen molar-refractivity contribution in [3.05, 3.63) is 42.1 Å². The van der Waals surface area contributed by atoms with E-state index < -0.39 is 0 Å². The van der Waals surface area contributed by atoms with Crippen molar-refractivity contribution in [2.24, 2.45) is 7.05 Å². The molecule has 2 aromatic heterocycles. The normalized spacial score (nSPS) is 20.0. The lowest BCUT2D eigenvalue weighted by atomic mass is 9.79. The van der Waals surface area contributed by atoms with Crippen molar-refractivity contribution >= 4 is 16.9 Å². The fraction of sp³-hybridized carbons (Fsp3) is 0.444. The fourth-order valence-corrected chi connectivity index (χ4v) is 3.33. The van der Waals surface area contributed by atoms with Gasteiger partial charge in [0, 0.05) is 19.0 Å². The number of hydrogen-bond donors (Lipinski definition) is 1. The standard InChI is InChI=1S/C18H23N7/c1-24(2)11-17-22-23-18(25(17)3)12-8-13(9-12)20-16-10-19-14-6-4-5-7-15(14)21-16/h4-7,10,12-13H,8-9,11H2,1-3H3,(H,20,21). The SMILES string of the molecule is CN(C)Cc1nnc(C2CC(Nc3cnc4ccccc4n3)C2)n1C. The molecule has 7 nitrogen and oxygen atoms in total. The Morgan fingerprint density at radius 3 is 2.68 bits per heavy atom. The molecule has 0 amide bonds. The smallest absolute Gasteiger partial charge is 0.146 e. The average molecular weight is 337 g/mol. The molecule has 1 fully saturated rings. The van der Waals surface area contributed by atoms with E-state index in [0.29, 0.717) is 12.0 Å². The molecule has 1 aromatic carbocycles. The van der Waals surface area contributed by atoms with Gasteiger partial charge >= 0.3 is 0 Å². The van der Waals surface area contributed by atoms with Gasteiger partial charge in [-0.1, -0.05) is 12.1 Å². The zero-order valence-electron chi connectivity index (χ0n) is 14.8. The lowest BCUT2D eigenvalue weighted by molar-refractivity contribution is 0.347. The minimum Gasteiger partial charge on any atom is -0.366 e. The van der Waals surface area contributed by atoms with Crippen LogP contribution in [0.2, 0.25) is 0 Å². The largest absolute Gasteiger partial charge is 0.366 e. The second-order valence-corrected chi connectivity index (χ2v) is 7.02. The number of hydrogen-bond acceptors (Lipinski definition) is 6. The Kier molecular flexibility index (Phi) is 4.09. The number of benzene rings is 1. The van der Waals surface area contributed by atoms with Crippen LogP contribution >= 0.6 is 0 Å². The van der Waals surface area contributed by atoms with Crippen molar-refractivity contribution in [2.75, 3.05) is 19.4 Å². The molecule has 0 spiro atoms. The summed E-state index contributed by atoms with van der Waals surface area (Å²) in [5.41, 5.74) is 1.84. The first-order valence-electron chi connectivity index (χ1n) is 8.61. The highest BCUT2D eigenvalue weighted by Crippen LogP contribution is 2.37. The summed E-state index contributed by atoms with van der Waals surface area (Å²) in [6.07, 6.45) is 3.90. The van der Waals surface area contributed by atoms with Crippen LogP contribution in [0.15, 0.2) is 30.5 Å². The van der Waals surface area contributed by atoms with E-state index in [1.54, 1.807) is 0 Å². The molecule has 1 aliphatic rings. The highest BCUT2D eigenvalue weighted by atomic mass is 15.3. The Bertz CT molecular complexity index is 880. The Balaban J connectivity index is 1.39. The van der Waals surface area contributed by atoms with E-state index in [1.807, 2.05) is 44.6 Å². The minimum atomic E-state index is 0.412. The van der Waals surface area contributed by atoms with Gasteiger partial charge in [0.1, 0.15) is 17.5 Å². The predicted molar refractivity (Wildman–Crippen MR) is 97.3 cm³/mol. The van der Waals surface area contributed by atoms with Gasteiger partial charge in [-0.2, -0.15) is 0 Å². The van der Waals surface area contributed by atoms with Gasteiger partial charge in [0.2, 0.25) is 0 Å². The van der Waals surface area contributed by atoms with Crippen LogP contribution in [0.25, 0.3) is 11.0 Å². The molecule has 3 aromatic rings. The maximum absolute atomic E-state index is 4.64. The molecule has 0 unspecified atom stereocenters. The molecule has 1 saturated carbocycles. The summed E-state index contributed by atoms with van der Waals surface area (Å²) >= 11 is 0. The lowest BCUT2D eigenvalue weighted by Crippen LogP contribution is -2.35. The van der Waals surface area contributed by atoms with Crippen LogP contribution in [0.5, 0.6) is 0 Å². The number of para-hydroxylation sites is 2. The van der Waals surface area contributed by atoms with Crippen LogP contribution in [-0.4, -0.2) is 49.8 Å². The van der Waals surface area contributed by atoms with Crippen LogP contribution in [0.3, 0.4) is 0 Å². The maximum Gasteiger partial charge on any atom is 0.146 e. The first kappa shape index (κ1) is 16.0. The summed E-state index contributed by atoms with van der Waals surface area (Å²) < 4.78 is 2.14. The van der Waals surface area contributed by atoms with Gasteiger partial charge in [-0.15, -0.1) is 10.2 Å². The van der Waals surface area contributed by atoms with Gasteiger partial charge in [-0.25, -0.2) is 4.98 Å². The number of aromatic nitrogens is 5. The minimum absolute atomic E-state index is 0.412. The van der Waals surface area contributed by atoms with E-state index in [0.717, 1.165) is 47.9 Å². The van der Waals surface area contributed by atoms with Gasteiger partial charge in [0.25, 0.3) is 0 Å². The Hall–Kier alpha value is -2.54. The summed E-state index contributed by atoms with van der Waals surface area (Å²) in [5, 5.41) is 12.2. The number of nitrogens with zero attached hydrogens (tertiary/aromatic N) is 6. The van der Waals surface area contributed by atoms with Gasteiger partial charge in [0.15, 0.2) is 0 Å². The second-order valence-electron chi connectivity index (χ2n) is 7.02. The Morgan fingerprint density at radius 1 is 1.16 bits per heavy atom. The molecule has 7 heteroatoms. The van der Waals surface area contributed by atoms with Crippen molar-refractivity contribution < 1.29 is 0 Å². The van der Waals surface area contributed by atoms with Crippen molar-refractivity contribution in [2.45, 2.75) is 31.3 Å². The second kappa shape index (κ2) is 6.40. The van der Waals surface area contributed by atoms with E-state index in [4.69, 9.17) is 0 Å². The summed E-state index contributed by atoms with van der Waals surface area (Å²) in [6, 6.07) is 8.34. The fourth-order valence-electron chi connectivity index (χ4n) is 3.33. The zero-order chi connectivity index (χ0) is 17.4. The van der Waals surface area contributed by atoms with Crippen LogP contribution < -0.4 is 5.32 Å². The van der Waals surface area contributed by atoms with Crippen molar-refractivity contribution in [1.29, 1.82) is 0 Å². The molecular weight excluding hydrogens is 314 g/mol. The van der Waals surface area contributed by atoms with E-state index in [-0.39, 0.29) is 0 Å². The average Bonchev–Trinajstić information content (AvgIpc) is 2.90. The summed E-state index contributed by atoms with van der Waals surface area (Å²) in [6.45, 7) is 0.810. The maximum atomic E-state index is 4.64. The van der Waals surface area contributed by atoms with E-state index in [1.165, 1.54) is 0 Å². The first-order valence-corrected chi connectivity index (χ1v) is 8.61. The van der Waals surface area contributed by atoms with E-state index in [2.05, 4.69) is 42.0 Å². The van der Waals surface area contributed by atoms with Crippen molar-refractivity contribution in [1.82, 2.24) is 29.6 Å². The number of fused-ring (bicyclic) bond motifs is 1. The molecule has 0 radical (unpaired) electrons. The third kappa shape index (κ3) is 3.19. The van der Waals surface area contributed by atoms with Gasteiger partial charge < -0.3 is 14.8 Å². The molecule has 130 valence electrons. The Morgan fingerprint density at radius 2 is 1.92 bits per heavy atom. The summed E-state index contributed by atoms with van der Waals surface area (Å²) in [7, 11) is 6.15. The van der Waals surface area contributed by atoms with Crippen LogP contribution in [-0.2, 0) is 13.6 Å². The quantitative estimate of drug-likeness (QED) is 0.769. The van der Waals surface area contributed by atoms with Crippen molar-refractivity contribution in [3.8, 4) is 0 Å². The molecule has 4 rings (SSSR count). The number of rotatable bonds is 5. The molecule has 2 heterocycles. The molecule has 1 N–H and O–H groups in total. The molecule has 25 heavy (non-hydrogen) atoms. The van der Waals surface area contributed by atoms with Crippen LogP contribution in [0, 0.1) is 0 Å². The monoisotopic (exact) mass is 337 g/mol. The topological polar surface area (TPSA) is 71.8 Å². The number of anilines is 1. The van der Waals surface area contributed by atoms with Gasteiger partial charge in [-0.3, -0.25) is 4.98 Å². The zero-order valence-corrected chi connectivity index (χ0v) is 14.8. The van der Waals surface area contributed by atoms with E-state index >= 15 is 0 Å².